The third-order valence-corrected chi connectivity index (χ3v) is 4.53. The highest BCUT2D eigenvalue weighted by atomic mass is 35.5. The summed E-state index contributed by atoms with van der Waals surface area (Å²) in [6.07, 6.45) is 0. The monoisotopic (exact) mass is 348 g/mol. The van der Waals surface area contributed by atoms with Crippen LogP contribution < -0.4 is 10.0 Å². The number of nitrogens with one attached hydrogen (secondary N) is 2. The zero-order valence-corrected chi connectivity index (χ0v) is 13.8. The summed E-state index contributed by atoms with van der Waals surface area (Å²) in [5, 5.41) is 11.5. The number of benzene rings is 1. The van der Waals surface area contributed by atoms with Crippen molar-refractivity contribution in [1.82, 2.24) is 4.72 Å². The van der Waals surface area contributed by atoms with E-state index in [1.54, 1.807) is 13.8 Å². The van der Waals surface area contributed by atoms with Gasteiger partial charge in [0.2, 0.25) is 15.9 Å². The van der Waals surface area contributed by atoms with Gasteiger partial charge in [0.25, 0.3) is 0 Å². The van der Waals surface area contributed by atoms with Gasteiger partial charge in [0.05, 0.1) is 15.6 Å². The van der Waals surface area contributed by atoms with E-state index in [4.69, 9.17) is 16.7 Å². The van der Waals surface area contributed by atoms with Gasteiger partial charge in [-0.25, -0.2) is 8.42 Å². The molecule has 0 aliphatic rings. The Bertz CT molecular complexity index is 688. The van der Waals surface area contributed by atoms with Gasteiger partial charge >= 0.3 is 5.97 Å². The molecule has 3 N–H and O–H groups in total. The number of rotatable bonds is 6. The van der Waals surface area contributed by atoms with E-state index in [9.17, 15) is 18.0 Å². The van der Waals surface area contributed by atoms with E-state index in [0.29, 0.717) is 0 Å². The lowest BCUT2D eigenvalue weighted by molar-refractivity contribution is -0.140. The van der Waals surface area contributed by atoms with E-state index in [1.165, 1.54) is 19.1 Å². The smallest absolute Gasteiger partial charge is 0.322 e. The van der Waals surface area contributed by atoms with Crippen molar-refractivity contribution in [3.05, 3.63) is 23.2 Å². The van der Waals surface area contributed by atoms with Gasteiger partial charge in [-0.3, -0.25) is 9.59 Å². The van der Waals surface area contributed by atoms with E-state index < -0.39 is 28.0 Å². The molecule has 0 saturated carbocycles. The predicted octanol–water partition coefficient (Wildman–Crippen LogP) is 1.69. The third-order valence-electron chi connectivity index (χ3n) is 2.78. The van der Waals surface area contributed by atoms with Gasteiger partial charge < -0.3 is 10.4 Å². The minimum atomic E-state index is -4.05. The predicted molar refractivity (Wildman–Crippen MR) is 82.3 cm³/mol. The Morgan fingerprint density at radius 3 is 2.27 bits per heavy atom. The average Bonchev–Trinajstić information content (AvgIpc) is 2.37. The molecule has 22 heavy (non-hydrogen) atoms. The molecule has 9 heteroatoms. The maximum atomic E-state index is 12.2. The maximum Gasteiger partial charge on any atom is 0.322 e. The van der Waals surface area contributed by atoms with Crippen molar-refractivity contribution in [1.29, 1.82) is 0 Å². The molecule has 1 atom stereocenters. The molecule has 0 saturated heterocycles. The van der Waals surface area contributed by atoms with Crippen molar-refractivity contribution in [2.45, 2.75) is 31.7 Å². The van der Waals surface area contributed by atoms with Crippen LogP contribution in [0.1, 0.15) is 20.8 Å². The lowest BCUT2D eigenvalue weighted by Crippen LogP contribution is -2.44. The highest BCUT2D eigenvalue weighted by molar-refractivity contribution is 7.89. The minimum Gasteiger partial charge on any atom is -0.480 e. The first-order chi connectivity index (χ1) is 10.0. The molecule has 122 valence electrons. The second-order valence-corrected chi connectivity index (χ2v) is 7.13. The second kappa shape index (κ2) is 7.08. The van der Waals surface area contributed by atoms with Crippen molar-refractivity contribution in [2.75, 3.05) is 5.32 Å². The number of carboxylic acids is 1. The highest BCUT2D eigenvalue weighted by Crippen LogP contribution is 2.25. The first kappa shape index (κ1) is 18.4. The van der Waals surface area contributed by atoms with E-state index >= 15 is 0 Å². The van der Waals surface area contributed by atoms with Crippen LogP contribution in [0, 0.1) is 5.92 Å². The molecule has 0 heterocycles. The van der Waals surface area contributed by atoms with Crippen LogP contribution in [0.2, 0.25) is 5.02 Å². The van der Waals surface area contributed by atoms with Crippen molar-refractivity contribution in [3.8, 4) is 0 Å². The van der Waals surface area contributed by atoms with Crippen molar-refractivity contribution in [3.63, 3.8) is 0 Å². The molecule has 1 rings (SSSR count). The Morgan fingerprint density at radius 2 is 1.86 bits per heavy atom. The number of hydrogen-bond donors (Lipinski definition) is 3. The molecule has 7 nitrogen and oxygen atoms in total. The standard InChI is InChI=1S/C13H17ClN2O5S/c1-7(2)12(13(18)19)16-22(20,21)9-4-5-11(10(14)6-9)15-8(3)17/h4-7,12,16H,1-3H3,(H,15,17)(H,18,19)/t12-/m1/s1. The second-order valence-electron chi connectivity index (χ2n) is 5.00. The number of halogens is 1. The molecule has 0 fully saturated rings. The summed E-state index contributed by atoms with van der Waals surface area (Å²) in [7, 11) is -4.05. The van der Waals surface area contributed by atoms with Crippen LogP contribution in [0.5, 0.6) is 0 Å². The molecular weight excluding hydrogens is 332 g/mol. The first-order valence-electron chi connectivity index (χ1n) is 6.37. The molecule has 0 unspecified atom stereocenters. The van der Waals surface area contributed by atoms with Gasteiger partial charge in [-0.15, -0.1) is 0 Å². The first-order valence-corrected chi connectivity index (χ1v) is 8.23. The normalized spacial score (nSPS) is 13.0. The van der Waals surface area contributed by atoms with Crippen molar-refractivity contribution in [2.24, 2.45) is 5.92 Å². The molecule has 1 amide bonds. The summed E-state index contributed by atoms with van der Waals surface area (Å²) in [5.74, 6) is -2.04. The molecule has 0 aliphatic heterocycles. The van der Waals surface area contributed by atoms with Crippen LogP contribution in [0.25, 0.3) is 0 Å². The number of carbonyl (C=O) groups excluding carboxylic acids is 1. The van der Waals surface area contributed by atoms with Gasteiger partial charge in [0, 0.05) is 6.92 Å². The Hall–Kier alpha value is -1.64. The van der Waals surface area contributed by atoms with E-state index in [2.05, 4.69) is 10.0 Å². The number of hydrogen-bond acceptors (Lipinski definition) is 4. The lowest BCUT2D eigenvalue weighted by Gasteiger charge is -2.18. The lowest BCUT2D eigenvalue weighted by atomic mass is 10.1. The van der Waals surface area contributed by atoms with Crippen LogP contribution in [0.4, 0.5) is 5.69 Å². The molecule has 1 aromatic rings. The summed E-state index contributed by atoms with van der Waals surface area (Å²) in [6.45, 7) is 4.48. The maximum absolute atomic E-state index is 12.2. The van der Waals surface area contributed by atoms with Crippen LogP contribution in [-0.4, -0.2) is 31.4 Å². The third kappa shape index (κ3) is 4.69. The molecular formula is C13H17ClN2O5S. The van der Waals surface area contributed by atoms with Gasteiger partial charge in [-0.2, -0.15) is 4.72 Å². The van der Waals surface area contributed by atoms with Gasteiger partial charge in [0.15, 0.2) is 0 Å². The molecule has 0 radical (unpaired) electrons. The number of carbonyl (C=O) groups is 2. The van der Waals surface area contributed by atoms with Crippen LogP contribution in [-0.2, 0) is 19.6 Å². The molecule has 0 aromatic heterocycles. The minimum absolute atomic E-state index is 0.0366. The quantitative estimate of drug-likeness (QED) is 0.724. The Morgan fingerprint density at radius 1 is 1.27 bits per heavy atom. The van der Waals surface area contributed by atoms with Crippen molar-refractivity contribution >= 4 is 39.2 Å². The number of anilines is 1. The molecule has 0 bridgehead atoms. The number of sulfonamides is 1. The van der Waals surface area contributed by atoms with Gasteiger partial charge in [0.1, 0.15) is 6.04 Å². The van der Waals surface area contributed by atoms with E-state index in [1.807, 2.05) is 0 Å². The molecule has 1 aromatic carbocycles. The van der Waals surface area contributed by atoms with Crippen molar-refractivity contribution < 1.29 is 23.1 Å². The summed E-state index contributed by atoms with van der Waals surface area (Å²) in [6, 6.07) is 2.47. The fourth-order valence-electron chi connectivity index (χ4n) is 1.66. The zero-order chi connectivity index (χ0) is 17.1. The summed E-state index contributed by atoms with van der Waals surface area (Å²) in [5.41, 5.74) is 0.270. The largest absolute Gasteiger partial charge is 0.480 e. The fourth-order valence-corrected chi connectivity index (χ4v) is 3.32. The number of aliphatic carboxylic acids is 1. The Labute approximate surface area is 133 Å². The zero-order valence-electron chi connectivity index (χ0n) is 12.3. The fraction of sp³-hybridized carbons (Fsp3) is 0.385. The number of carboxylic acid groups (broad SMARTS) is 1. The van der Waals surface area contributed by atoms with Crippen LogP contribution in [0.15, 0.2) is 23.1 Å². The summed E-state index contributed by atoms with van der Waals surface area (Å²) < 4.78 is 26.6. The molecule has 0 spiro atoms. The SMILES string of the molecule is CC(=O)Nc1ccc(S(=O)(=O)N[C@@H](C(=O)O)C(C)C)cc1Cl. The van der Waals surface area contributed by atoms with E-state index in [-0.39, 0.29) is 21.5 Å². The van der Waals surface area contributed by atoms with E-state index in [0.717, 1.165) is 6.07 Å². The Balaban J connectivity index is 3.10. The highest BCUT2D eigenvalue weighted by Gasteiger charge is 2.28. The Kier molecular flexibility index (Phi) is 5.92. The summed E-state index contributed by atoms with van der Waals surface area (Å²) in [4.78, 5) is 21.9. The van der Waals surface area contributed by atoms with Crippen LogP contribution in [0.3, 0.4) is 0 Å². The topological polar surface area (TPSA) is 113 Å². The molecule has 0 aliphatic carbocycles. The number of amides is 1. The van der Waals surface area contributed by atoms with Gasteiger partial charge in [-0.05, 0) is 24.1 Å². The summed E-state index contributed by atoms with van der Waals surface area (Å²) >= 11 is 5.92. The van der Waals surface area contributed by atoms with Gasteiger partial charge in [-0.1, -0.05) is 25.4 Å². The van der Waals surface area contributed by atoms with Crippen LogP contribution >= 0.6 is 11.6 Å². The average molecular weight is 349 g/mol.